The second kappa shape index (κ2) is 4.09. The zero-order chi connectivity index (χ0) is 11.7. The molecule has 0 saturated heterocycles. The molecule has 0 aliphatic carbocycles. The fourth-order valence-corrected chi connectivity index (χ4v) is 1.56. The van der Waals surface area contributed by atoms with Crippen molar-refractivity contribution in [1.82, 2.24) is 5.16 Å². The van der Waals surface area contributed by atoms with Crippen molar-refractivity contribution in [2.24, 2.45) is 0 Å². The molecule has 0 fully saturated rings. The van der Waals surface area contributed by atoms with Gasteiger partial charge in [-0.15, -0.1) is 0 Å². The number of hydrogen-bond acceptors (Lipinski definition) is 3. The number of carbonyl (C=O) groups is 1. The third kappa shape index (κ3) is 1.99. The van der Waals surface area contributed by atoms with E-state index in [1.165, 1.54) is 6.07 Å². The zero-order valence-electron chi connectivity index (χ0n) is 8.40. The van der Waals surface area contributed by atoms with Gasteiger partial charge >= 0.3 is 5.97 Å². The van der Waals surface area contributed by atoms with Crippen molar-refractivity contribution in [2.45, 2.75) is 6.92 Å². The number of aromatic carboxylic acids is 1. The molecule has 5 heteroatoms. The Bertz CT molecular complexity index is 548. The van der Waals surface area contributed by atoms with E-state index in [9.17, 15) is 4.79 Å². The van der Waals surface area contributed by atoms with E-state index in [0.717, 1.165) is 15.6 Å². The maximum atomic E-state index is 10.6. The lowest BCUT2D eigenvalue weighted by Gasteiger charge is -1.99. The van der Waals surface area contributed by atoms with Crippen molar-refractivity contribution in [3.63, 3.8) is 0 Å². The topological polar surface area (TPSA) is 63.3 Å². The van der Waals surface area contributed by atoms with Gasteiger partial charge in [0.05, 0.1) is 0 Å². The summed E-state index contributed by atoms with van der Waals surface area (Å²) < 4.78 is 5.96. The summed E-state index contributed by atoms with van der Waals surface area (Å²) in [5.41, 5.74) is 1.77. The summed E-state index contributed by atoms with van der Waals surface area (Å²) in [6.07, 6.45) is 0. The van der Waals surface area contributed by atoms with Gasteiger partial charge in [-0.2, -0.15) is 0 Å². The van der Waals surface area contributed by atoms with Gasteiger partial charge < -0.3 is 9.63 Å². The Morgan fingerprint density at radius 3 is 2.75 bits per heavy atom. The van der Waals surface area contributed by atoms with Crippen LogP contribution in [-0.4, -0.2) is 16.2 Å². The second-order valence-electron chi connectivity index (χ2n) is 3.35. The molecule has 0 spiro atoms. The molecule has 16 heavy (non-hydrogen) atoms. The molecule has 0 radical (unpaired) electrons. The molecule has 0 aliphatic heterocycles. The number of halogens is 1. The summed E-state index contributed by atoms with van der Waals surface area (Å²) in [7, 11) is 0. The molecule has 0 saturated carbocycles. The molecule has 2 aromatic rings. The molecule has 1 heterocycles. The number of nitrogens with zero attached hydrogens (tertiary/aromatic N) is 1. The predicted molar refractivity (Wildman–Crippen MR) is 61.3 cm³/mol. The number of carboxylic acid groups (broad SMARTS) is 1. The molecule has 0 bridgehead atoms. The van der Waals surface area contributed by atoms with Gasteiger partial charge in [0.15, 0.2) is 11.5 Å². The quantitative estimate of drug-likeness (QED) is 0.919. The van der Waals surface area contributed by atoms with E-state index in [0.29, 0.717) is 5.76 Å². The highest BCUT2D eigenvalue weighted by molar-refractivity contribution is 9.10. The smallest absolute Gasteiger partial charge is 0.358 e. The van der Waals surface area contributed by atoms with E-state index in [1.54, 1.807) is 0 Å². The molecule has 0 aliphatic rings. The van der Waals surface area contributed by atoms with Crippen LogP contribution in [0.15, 0.2) is 33.3 Å². The number of rotatable bonds is 2. The fourth-order valence-electron chi connectivity index (χ4n) is 1.31. The molecular formula is C11H8BrNO3. The molecule has 0 unspecified atom stereocenters. The lowest BCUT2D eigenvalue weighted by Crippen LogP contribution is -1.94. The van der Waals surface area contributed by atoms with Crippen LogP contribution in [0.25, 0.3) is 11.3 Å². The van der Waals surface area contributed by atoms with Crippen LogP contribution in [0.4, 0.5) is 0 Å². The Morgan fingerprint density at radius 2 is 2.19 bits per heavy atom. The van der Waals surface area contributed by atoms with E-state index < -0.39 is 5.97 Å². The lowest BCUT2D eigenvalue weighted by molar-refractivity contribution is 0.0686. The average Bonchev–Trinajstić information content (AvgIpc) is 2.71. The number of aromatic nitrogens is 1. The molecule has 4 nitrogen and oxygen atoms in total. The third-order valence-electron chi connectivity index (χ3n) is 2.17. The van der Waals surface area contributed by atoms with Crippen LogP contribution >= 0.6 is 15.9 Å². The van der Waals surface area contributed by atoms with Crippen LogP contribution in [0.3, 0.4) is 0 Å². The molecule has 82 valence electrons. The minimum atomic E-state index is -1.09. The Balaban J connectivity index is 2.42. The van der Waals surface area contributed by atoms with Crippen molar-refractivity contribution in [3.8, 4) is 11.3 Å². The summed E-state index contributed by atoms with van der Waals surface area (Å²) >= 11 is 3.39. The molecule has 1 aromatic heterocycles. The van der Waals surface area contributed by atoms with Gasteiger partial charge in [0, 0.05) is 16.1 Å². The standard InChI is InChI=1S/C11H8BrNO3/c1-6-4-7(2-3-8(6)12)10-5-9(11(14)15)13-16-10/h2-5H,1H3,(H,14,15). The lowest BCUT2D eigenvalue weighted by atomic mass is 10.1. The van der Waals surface area contributed by atoms with Crippen LogP contribution in [0.5, 0.6) is 0 Å². The summed E-state index contributed by atoms with van der Waals surface area (Å²) in [5.74, 6) is -0.642. The number of carboxylic acids is 1. The first-order valence-electron chi connectivity index (χ1n) is 4.54. The van der Waals surface area contributed by atoms with Gasteiger partial charge in [-0.3, -0.25) is 0 Å². The minimum absolute atomic E-state index is 0.0874. The monoisotopic (exact) mass is 281 g/mol. The van der Waals surface area contributed by atoms with Crippen LogP contribution < -0.4 is 0 Å². The van der Waals surface area contributed by atoms with Crippen molar-refractivity contribution >= 4 is 21.9 Å². The Labute approximate surface area is 100 Å². The van der Waals surface area contributed by atoms with Crippen LogP contribution in [0.2, 0.25) is 0 Å². The predicted octanol–water partition coefficient (Wildman–Crippen LogP) is 3.11. The summed E-state index contributed by atoms with van der Waals surface area (Å²) in [6.45, 7) is 1.95. The van der Waals surface area contributed by atoms with Crippen molar-refractivity contribution in [1.29, 1.82) is 0 Å². The van der Waals surface area contributed by atoms with Gasteiger partial charge in [-0.25, -0.2) is 4.79 Å². The Morgan fingerprint density at radius 1 is 1.44 bits per heavy atom. The fraction of sp³-hybridized carbons (Fsp3) is 0.0909. The van der Waals surface area contributed by atoms with Gasteiger partial charge in [0.25, 0.3) is 0 Å². The largest absolute Gasteiger partial charge is 0.476 e. The average molecular weight is 282 g/mol. The van der Waals surface area contributed by atoms with Gasteiger partial charge in [-0.1, -0.05) is 21.1 Å². The normalized spacial score (nSPS) is 10.4. The van der Waals surface area contributed by atoms with Crippen molar-refractivity contribution in [3.05, 3.63) is 40.0 Å². The Hall–Kier alpha value is -1.62. The maximum Gasteiger partial charge on any atom is 0.358 e. The highest BCUT2D eigenvalue weighted by atomic mass is 79.9. The third-order valence-corrected chi connectivity index (χ3v) is 3.06. The number of hydrogen-bond donors (Lipinski definition) is 1. The molecule has 1 N–H and O–H groups in total. The van der Waals surface area contributed by atoms with Crippen LogP contribution in [0, 0.1) is 6.92 Å². The number of aryl methyl sites for hydroxylation is 1. The summed E-state index contributed by atoms with van der Waals surface area (Å²) in [4.78, 5) is 10.6. The highest BCUT2D eigenvalue weighted by Gasteiger charge is 2.12. The van der Waals surface area contributed by atoms with E-state index in [4.69, 9.17) is 9.63 Å². The van der Waals surface area contributed by atoms with Gasteiger partial charge in [-0.05, 0) is 30.7 Å². The van der Waals surface area contributed by atoms with Crippen molar-refractivity contribution < 1.29 is 14.4 Å². The van der Waals surface area contributed by atoms with Gasteiger partial charge in [0.1, 0.15) is 0 Å². The number of benzene rings is 1. The first-order chi connectivity index (χ1) is 7.58. The van der Waals surface area contributed by atoms with Crippen molar-refractivity contribution in [2.75, 3.05) is 0 Å². The molecular weight excluding hydrogens is 274 g/mol. The van der Waals surface area contributed by atoms with Crippen LogP contribution in [0.1, 0.15) is 16.1 Å². The highest BCUT2D eigenvalue weighted by Crippen LogP contribution is 2.25. The molecule has 0 atom stereocenters. The Kier molecular flexibility index (Phi) is 2.78. The second-order valence-corrected chi connectivity index (χ2v) is 4.20. The van der Waals surface area contributed by atoms with E-state index in [2.05, 4.69) is 21.1 Å². The maximum absolute atomic E-state index is 10.6. The summed E-state index contributed by atoms with van der Waals surface area (Å²) in [5, 5.41) is 12.2. The molecule has 1 aromatic carbocycles. The SMILES string of the molecule is Cc1cc(-c2cc(C(=O)O)no2)ccc1Br. The van der Waals surface area contributed by atoms with E-state index in [1.807, 2.05) is 25.1 Å². The first-order valence-corrected chi connectivity index (χ1v) is 5.34. The molecule has 2 rings (SSSR count). The zero-order valence-corrected chi connectivity index (χ0v) is 9.98. The molecule has 0 amide bonds. The summed E-state index contributed by atoms with van der Waals surface area (Å²) in [6, 6.07) is 7.03. The van der Waals surface area contributed by atoms with E-state index >= 15 is 0 Å². The van der Waals surface area contributed by atoms with E-state index in [-0.39, 0.29) is 5.69 Å². The van der Waals surface area contributed by atoms with Gasteiger partial charge in [0.2, 0.25) is 0 Å². The minimum Gasteiger partial charge on any atom is -0.476 e. The first kappa shape index (κ1) is 10.9. The van der Waals surface area contributed by atoms with Crippen LogP contribution in [-0.2, 0) is 0 Å².